The van der Waals surface area contributed by atoms with Gasteiger partial charge in [-0.2, -0.15) is 10.2 Å². The smallest absolute Gasteiger partial charge is 0.258 e. The van der Waals surface area contributed by atoms with Crippen LogP contribution in [-0.2, 0) is 28.4 Å². The molecule has 0 unspecified atom stereocenters. The summed E-state index contributed by atoms with van der Waals surface area (Å²) in [5.41, 5.74) is 0.856. The molecule has 0 saturated carbocycles. The second kappa shape index (κ2) is 5.82. The molecule has 120 valence electrons. The fourth-order valence-electron chi connectivity index (χ4n) is 2.71. The standard InChI is InChI=1S/C13H19N5O3S/c1-3-18-12(5-8-15-18)22(19,20)16-10-6-9-21-13(10)11-4-7-14-17(11)2/h4-5,7-8,10,13,16H,3,6,9H2,1-2H3/t10-,13-/m0/s1. The van der Waals surface area contributed by atoms with Crippen LogP contribution in [0.25, 0.3) is 0 Å². The van der Waals surface area contributed by atoms with Crippen molar-refractivity contribution < 1.29 is 13.2 Å². The summed E-state index contributed by atoms with van der Waals surface area (Å²) in [6, 6.07) is 3.02. The zero-order valence-corrected chi connectivity index (χ0v) is 13.3. The second-order valence-electron chi connectivity index (χ2n) is 5.17. The number of sulfonamides is 1. The minimum absolute atomic E-state index is 0.172. The van der Waals surface area contributed by atoms with Gasteiger partial charge in [0.15, 0.2) is 5.03 Å². The summed E-state index contributed by atoms with van der Waals surface area (Å²) in [5.74, 6) is 0. The molecule has 1 aliphatic heterocycles. The first-order valence-electron chi connectivity index (χ1n) is 7.16. The largest absolute Gasteiger partial charge is 0.370 e. The third-order valence-corrected chi connectivity index (χ3v) is 5.31. The number of rotatable bonds is 5. The summed E-state index contributed by atoms with van der Waals surface area (Å²) >= 11 is 0. The molecule has 0 radical (unpaired) electrons. The van der Waals surface area contributed by atoms with Crippen LogP contribution in [0.15, 0.2) is 29.6 Å². The molecule has 1 fully saturated rings. The monoisotopic (exact) mass is 325 g/mol. The van der Waals surface area contributed by atoms with Crippen LogP contribution in [0, 0.1) is 0 Å². The SMILES string of the molecule is CCn1nccc1S(=O)(=O)N[C@H]1CCO[C@@H]1c1ccnn1C. The lowest BCUT2D eigenvalue weighted by Gasteiger charge is -2.20. The molecule has 1 N–H and O–H groups in total. The van der Waals surface area contributed by atoms with Crippen molar-refractivity contribution in [1.29, 1.82) is 0 Å². The van der Waals surface area contributed by atoms with Crippen LogP contribution >= 0.6 is 0 Å². The van der Waals surface area contributed by atoms with E-state index in [4.69, 9.17) is 4.74 Å². The molecule has 8 nitrogen and oxygen atoms in total. The zero-order valence-electron chi connectivity index (χ0n) is 12.5. The third kappa shape index (κ3) is 2.67. The highest BCUT2D eigenvalue weighted by Gasteiger charge is 2.35. The summed E-state index contributed by atoms with van der Waals surface area (Å²) in [6.07, 6.45) is 3.45. The van der Waals surface area contributed by atoms with Crippen LogP contribution in [0.1, 0.15) is 25.1 Å². The maximum Gasteiger partial charge on any atom is 0.258 e. The zero-order chi connectivity index (χ0) is 15.7. The van der Waals surface area contributed by atoms with Gasteiger partial charge in [0.05, 0.1) is 17.9 Å². The lowest BCUT2D eigenvalue weighted by Crippen LogP contribution is -2.38. The molecule has 1 aliphatic rings. The van der Waals surface area contributed by atoms with E-state index in [0.29, 0.717) is 19.6 Å². The van der Waals surface area contributed by atoms with E-state index in [9.17, 15) is 8.42 Å². The first-order valence-corrected chi connectivity index (χ1v) is 8.65. The number of aromatic nitrogens is 4. The number of hydrogen-bond acceptors (Lipinski definition) is 5. The van der Waals surface area contributed by atoms with Crippen LogP contribution < -0.4 is 4.72 Å². The molecule has 9 heteroatoms. The van der Waals surface area contributed by atoms with Gasteiger partial charge in [-0.25, -0.2) is 13.1 Å². The predicted molar refractivity (Wildman–Crippen MR) is 78.5 cm³/mol. The number of nitrogens with one attached hydrogen (secondary N) is 1. The maximum atomic E-state index is 12.6. The van der Waals surface area contributed by atoms with Crippen molar-refractivity contribution in [2.45, 2.75) is 37.1 Å². The Morgan fingerprint density at radius 3 is 2.82 bits per heavy atom. The van der Waals surface area contributed by atoms with Crippen molar-refractivity contribution >= 4 is 10.0 Å². The number of hydrogen-bond donors (Lipinski definition) is 1. The molecule has 2 atom stereocenters. The molecule has 2 aromatic heterocycles. The van der Waals surface area contributed by atoms with Gasteiger partial charge in [0.2, 0.25) is 0 Å². The normalized spacial score (nSPS) is 22.3. The molecule has 2 aromatic rings. The van der Waals surface area contributed by atoms with Crippen LogP contribution in [-0.4, -0.2) is 40.6 Å². The van der Waals surface area contributed by atoms with Crippen molar-refractivity contribution in [2.24, 2.45) is 7.05 Å². The van der Waals surface area contributed by atoms with Crippen LogP contribution in [0.5, 0.6) is 0 Å². The first kappa shape index (κ1) is 15.2. The molecule has 0 amide bonds. The van der Waals surface area contributed by atoms with E-state index in [1.165, 1.54) is 16.9 Å². The van der Waals surface area contributed by atoms with Crippen LogP contribution in [0.4, 0.5) is 0 Å². The summed E-state index contributed by atoms with van der Waals surface area (Å²) in [5, 5.41) is 8.30. The number of nitrogens with zero attached hydrogens (tertiary/aromatic N) is 4. The predicted octanol–water partition coefficient (Wildman–Crippen LogP) is 0.445. The Kier molecular flexibility index (Phi) is 4.02. The van der Waals surface area contributed by atoms with Gasteiger partial charge in [0, 0.05) is 26.4 Å². The average molecular weight is 325 g/mol. The average Bonchev–Trinajstić information content (AvgIpc) is 3.18. The third-order valence-electron chi connectivity index (χ3n) is 3.80. The van der Waals surface area contributed by atoms with Crippen LogP contribution in [0.2, 0.25) is 0 Å². The molecule has 0 spiro atoms. The van der Waals surface area contributed by atoms with Gasteiger partial charge in [-0.3, -0.25) is 9.36 Å². The Balaban J connectivity index is 1.84. The minimum atomic E-state index is -3.64. The van der Waals surface area contributed by atoms with E-state index in [2.05, 4.69) is 14.9 Å². The highest BCUT2D eigenvalue weighted by Crippen LogP contribution is 2.29. The first-order chi connectivity index (χ1) is 10.5. The van der Waals surface area contributed by atoms with Gasteiger partial charge < -0.3 is 4.74 Å². The van der Waals surface area contributed by atoms with Gasteiger partial charge in [-0.15, -0.1) is 0 Å². The number of aryl methyl sites for hydroxylation is 2. The Morgan fingerprint density at radius 2 is 2.14 bits per heavy atom. The van der Waals surface area contributed by atoms with Gasteiger partial charge in [0.25, 0.3) is 10.0 Å². The molecule has 3 rings (SSSR count). The molecule has 1 saturated heterocycles. The summed E-state index contributed by atoms with van der Waals surface area (Å²) in [4.78, 5) is 0. The molecular weight excluding hydrogens is 306 g/mol. The van der Waals surface area contributed by atoms with Crippen molar-refractivity contribution in [2.75, 3.05) is 6.61 Å². The van der Waals surface area contributed by atoms with Crippen molar-refractivity contribution in [3.05, 3.63) is 30.2 Å². The summed E-state index contributed by atoms with van der Waals surface area (Å²) in [7, 11) is -1.82. The lowest BCUT2D eigenvalue weighted by atomic mass is 10.1. The van der Waals surface area contributed by atoms with E-state index >= 15 is 0 Å². The molecule has 0 bridgehead atoms. The van der Waals surface area contributed by atoms with Gasteiger partial charge in [-0.05, 0) is 25.5 Å². The maximum absolute atomic E-state index is 12.6. The van der Waals surface area contributed by atoms with Crippen molar-refractivity contribution in [3.8, 4) is 0 Å². The highest BCUT2D eigenvalue weighted by atomic mass is 32.2. The lowest BCUT2D eigenvalue weighted by molar-refractivity contribution is 0.0958. The Hall–Kier alpha value is -1.71. The van der Waals surface area contributed by atoms with E-state index < -0.39 is 10.0 Å². The van der Waals surface area contributed by atoms with Crippen molar-refractivity contribution in [1.82, 2.24) is 24.3 Å². The fraction of sp³-hybridized carbons (Fsp3) is 0.538. The Morgan fingerprint density at radius 1 is 1.36 bits per heavy atom. The van der Waals surface area contributed by atoms with Crippen molar-refractivity contribution in [3.63, 3.8) is 0 Å². The van der Waals surface area contributed by atoms with Gasteiger partial charge >= 0.3 is 0 Å². The Bertz CT molecular complexity index is 751. The number of ether oxygens (including phenoxy) is 1. The van der Waals surface area contributed by atoms with Gasteiger partial charge in [-0.1, -0.05) is 0 Å². The topological polar surface area (TPSA) is 91.0 Å². The molecule has 22 heavy (non-hydrogen) atoms. The molecule has 0 aromatic carbocycles. The minimum Gasteiger partial charge on any atom is -0.370 e. The van der Waals surface area contributed by atoms with E-state index in [1.54, 1.807) is 10.9 Å². The van der Waals surface area contributed by atoms with Crippen LogP contribution in [0.3, 0.4) is 0 Å². The Labute approximate surface area is 129 Å². The fourth-order valence-corrected chi connectivity index (χ4v) is 4.17. The van der Waals surface area contributed by atoms with Gasteiger partial charge in [0.1, 0.15) is 6.10 Å². The summed E-state index contributed by atoms with van der Waals surface area (Å²) < 4.78 is 36.8. The highest BCUT2D eigenvalue weighted by molar-refractivity contribution is 7.89. The molecule has 0 aliphatic carbocycles. The van der Waals surface area contributed by atoms with E-state index in [1.807, 2.05) is 20.0 Å². The molecule has 3 heterocycles. The summed E-state index contributed by atoms with van der Waals surface area (Å²) in [6.45, 7) is 2.86. The van der Waals surface area contributed by atoms with E-state index in [0.717, 1.165) is 5.69 Å². The molecular formula is C13H19N5O3S. The second-order valence-corrected chi connectivity index (χ2v) is 6.83. The van der Waals surface area contributed by atoms with E-state index in [-0.39, 0.29) is 17.2 Å². The quantitative estimate of drug-likeness (QED) is 0.861.